The van der Waals surface area contributed by atoms with Gasteiger partial charge in [0.15, 0.2) is 5.82 Å². The molecule has 7 heteroatoms. The molecule has 0 saturated carbocycles. The van der Waals surface area contributed by atoms with Gasteiger partial charge in [0.25, 0.3) is 5.91 Å². The zero-order chi connectivity index (χ0) is 24.5. The molecule has 180 valence electrons. The van der Waals surface area contributed by atoms with Crippen LogP contribution in [0.2, 0.25) is 0 Å². The van der Waals surface area contributed by atoms with Crippen molar-refractivity contribution in [1.82, 2.24) is 20.1 Å². The molecule has 2 saturated heterocycles. The number of carbonyl (C=O) groups is 1. The first-order chi connectivity index (χ1) is 16.9. The van der Waals surface area contributed by atoms with E-state index in [0.717, 1.165) is 60.7 Å². The predicted octanol–water partition coefficient (Wildman–Crippen LogP) is 4.97. The van der Waals surface area contributed by atoms with Crippen molar-refractivity contribution in [2.45, 2.75) is 58.4 Å². The largest absolute Gasteiger partial charge is 0.368 e. The van der Waals surface area contributed by atoms with Gasteiger partial charge in [-0.2, -0.15) is 5.26 Å². The van der Waals surface area contributed by atoms with Gasteiger partial charge in [0.05, 0.1) is 11.6 Å². The average Bonchev–Trinajstić information content (AvgIpc) is 3.51. The summed E-state index contributed by atoms with van der Waals surface area (Å²) in [6.45, 7) is 8.66. The van der Waals surface area contributed by atoms with Gasteiger partial charge in [0.2, 0.25) is 0 Å². The van der Waals surface area contributed by atoms with Gasteiger partial charge in [-0.1, -0.05) is 12.1 Å². The number of aromatic nitrogens is 3. The first kappa shape index (κ1) is 23.1. The summed E-state index contributed by atoms with van der Waals surface area (Å²) in [6, 6.07) is 14.7. The summed E-state index contributed by atoms with van der Waals surface area (Å²) in [5.74, 6) is 1.97. The summed E-state index contributed by atoms with van der Waals surface area (Å²) in [4.78, 5) is 21.3. The van der Waals surface area contributed by atoms with Crippen molar-refractivity contribution in [1.29, 1.82) is 5.26 Å². The lowest BCUT2D eigenvalue weighted by Gasteiger charge is -2.33. The highest BCUT2D eigenvalue weighted by Gasteiger charge is 2.29. The molecule has 3 aromatic rings. The lowest BCUT2D eigenvalue weighted by Crippen LogP contribution is -2.38. The molecule has 1 amide bonds. The topological polar surface area (TPSA) is 88.9 Å². The Morgan fingerprint density at radius 1 is 1.06 bits per heavy atom. The number of anilines is 1. The number of piperidine rings is 1. The summed E-state index contributed by atoms with van der Waals surface area (Å²) in [7, 11) is 0. The highest BCUT2D eigenvalue weighted by molar-refractivity contribution is 5.98. The van der Waals surface area contributed by atoms with Crippen LogP contribution in [-0.2, 0) is 0 Å². The van der Waals surface area contributed by atoms with E-state index in [1.54, 1.807) is 0 Å². The number of hydrogen-bond acceptors (Lipinski definition) is 5. The molecule has 0 spiro atoms. The minimum atomic E-state index is 0.0827. The zero-order valence-electron chi connectivity index (χ0n) is 20.7. The normalized spacial score (nSPS) is 18.6. The van der Waals surface area contributed by atoms with E-state index in [4.69, 9.17) is 5.26 Å². The van der Waals surface area contributed by atoms with E-state index in [9.17, 15) is 4.79 Å². The standard InChI is InChI=1S/C28H32N6O/c1-18-15-26(34-12-4-5-19(34)2)25(27-30-20(3)31-32-27)16-24(18)28(35)33-13-10-23(11-14-33)22-8-6-21(17-29)7-9-22/h6-9,15-16,19,23H,4-5,10-14H2,1-3H3,(H,30,31,32)/t19-/m1/s1. The molecule has 3 heterocycles. The minimum Gasteiger partial charge on any atom is -0.368 e. The van der Waals surface area contributed by atoms with Crippen molar-refractivity contribution in [3.8, 4) is 17.5 Å². The summed E-state index contributed by atoms with van der Waals surface area (Å²) in [5, 5.41) is 17.6. The number of nitriles is 1. The molecule has 5 rings (SSSR count). The molecule has 2 aliphatic rings. The number of likely N-dealkylation sites (tertiary alicyclic amines) is 1. The Balaban J connectivity index is 1.39. The highest BCUT2D eigenvalue weighted by Crippen LogP contribution is 2.37. The number of carbonyl (C=O) groups excluding carboxylic acids is 1. The third-order valence-corrected chi connectivity index (χ3v) is 7.58. The summed E-state index contributed by atoms with van der Waals surface area (Å²) in [5.41, 5.74) is 5.74. The van der Waals surface area contributed by atoms with Crippen molar-refractivity contribution < 1.29 is 4.79 Å². The van der Waals surface area contributed by atoms with Gasteiger partial charge in [-0.3, -0.25) is 4.79 Å². The van der Waals surface area contributed by atoms with E-state index in [1.165, 1.54) is 18.4 Å². The number of aromatic amines is 1. The monoisotopic (exact) mass is 468 g/mol. The van der Waals surface area contributed by atoms with Crippen LogP contribution in [0.3, 0.4) is 0 Å². The van der Waals surface area contributed by atoms with Gasteiger partial charge in [0, 0.05) is 42.5 Å². The van der Waals surface area contributed by atoms with Crippen molar-refractivity contribution in [3.63, 3.8) is 0 Å². The van der Waals surface area contributed by atoms with Crippen LogP contribution in [0.15, 0.2) is 36.4 Å². The molecule has 0 unspecified atom stereocenters. The average molecular weight is 469 g/mol. The summed E-state index contributed by atoms with van der Waals surface area (Å²) < 4.78 is 0. The molecule has 0 radical (unpaired) electrons. The molecule has 1 aromatic heterocycles. The van der Waals surface area contributed by atoms with Crippen LogP contribution in [0.25, 0.3) is 11.4 Å². The molecule has 0 aliphatic carbocycles. The maximum absolute atomic E-state index is 13.7. The van der Waals surface area contributed by atoms with Crippen molar-refractivity contribution in [2.24, 2.45) is 0 Å². The first-order valence-corrected chi connectivity index (χ1v) is 12.5. The van der Waals surface area contributed by atoms with Crippen LogP contribution in [0.1, 0.15) is 71.4 Å². The minimum absolute atomic E-state index is 0.0827. The number of benzene rings is 2. The Morgan fingerprint density at radius 2 is 1.80 bits per heavy atom. The molecular weight excluding hydrogens is 436 g/mol. The Bertz CT molecular complexity index is 1260. The van der Waals surface area contributed by atoms with Crippen LogP contribution < -0.4 is 4.90 Å². The van der Waals surface area contributed by atoms with E-state index in [1.807, 2.05) is 36.9 Å². The second kappa shape index (κ2) is 9.53. The van der Waals surface area contributed by atoms with Crippen molar-refractivity contribution in [3.05, 3.63) is 64.5 Å². The Labute approximate surface area is 206 Å². The molecule has 1 N–H and O–H groups in total. The summed E-state index contributed by atoms with van der Waals surface area (Å²) in [6.07, 6.45) is 4.19. The molecular formula is C28H32N6O. The van der Waals surface area contributed by atoms with Gasteiger partial charge >= 0.3 is 0 Å². The quantitative estimate of drug-likeness (QED) is 0.584. The first-order valence-electron chi connectivity index (χ1n) is 12.5. The predicted molar refractivity (Wildman–Crippen MR) is 136 cm³/mol. The van der Waals surface area contributed by atoms with E-state index in [0.29, 0.717) is 23.3 Å². The molecule has 1 atom stereocenters. The number of nitrogens with zero attached hydrogens (tertiary/aromatic N) is 5. The second-order valence-electron chi connectivity index (χ2n) is 9.93. The number of amides is 1. The second-order valence-corrected chi connectivity index (χ2v) is 9.93. The molecule has 2 aromatic carbocycles. The fourth-order valence-electron chi connectivity index (χ4n) is 5.53. The number of rotatable bonds is 4. The molecule has 35 heavy (non-hydrogen) atoms. The highest BCUT2D eigenvalue weighted by atomic mass is 16.2. The zero-order valence-corrected chi connectivity index (χ0v) is 20.7. The third-order valence-electron chi connectivity index (χ3n) is 7.58. The Morgan fingerprint density at radius 3 is 2.40 bits per heavy atom. The third kappa shape index (κ3) is 4.53. The van der Waals surface area contributed by atoms with Gasteiger partial charge in [0.1, 0.15) is 5.82 Å². The lowest BCUT2D eigenvalue weighted by molar-refractivity contribution is 0.0712. The number of hydrogen-bond donors (Lipinski definition) is 1. The van der Waals surface area contributed by atoms with E-state index in [2.05, 4.69) is 51.3 Å². The van der Waals surface area contributed by atoms with E-state index in [-0.39, 0.29) is 5.91 Å². The Hall–Kier alpha value is -3.66. The molecule has 0 bridgehead atoms. The van der Waals surface area contributed by atoms with Crippen LogP contribution in [0, 0.1) is 25.2 Å². The van der Waals surface area contributed by atoms with Gasteiger partial charge < -0.3 is 14.8 Å². The SMILES string of the molecule is Cc1nnc(-c2cc(C(=O)N3CCC(c4ccc(C#N)cc4)CC3)c(C)cc2N2CCC[C@H]2C)[nH]1. The van der Waals surface area contributed by atoms with Gasteiger partial charge in [-0.25, -0.2) is 0 Å². The number of H-pyrrole nitrogens is 1. The van der Waals surface area contributed by atoms with Crippen molar-refractivity contribution in [2.75, 3.05) is 24.5 Å². The Kier molecular flexibility index (Phi) is 6.29. The molecule has 2 fully saturated rings. The number of aryl methyl sites for hydroxylation is 2. The maximum atomic E-state index is 13.7. The number of nitrogens with one attached hydrogen (secondary N) is 1. The van der Waals surface area contributed by atoms with Gasteiger partial charge in [-0.05, 0) is 87.8 Å². The van der Waals surface area contributed by atoms with Crippen LogP contribution in [0.5, 0.6) is 0 Å². The maximum Gasteiger partial charge on any atom is 0.254 e. The van der Waals surface area contributed by atoms with E-state index >= 15 is 0 Å². The smallest absolute Gasteiger partial charge is 0.254 e. The van der Waals surface area contributed by atoms with Gasteiger partial charge in [-0.15, -0.1) is 10.2 Å². The molecule has 7 nitrogen and oxygen atoms in total. The fourth-order valence-corrected chi connectivity index (χ4v) is 5.53. The van der Waals surface area contributed by atoms with E-state index < -0.39 is 0 Å². The fraction of sp³-hybridized carbons (Fsp3) is 0.429. The van der Waals surface area contributed by atoms with Crippen LogP contribution in [-0.4, -0.2) is 51.7 Å². The molecule has 2 aliphatic heterocycles. The van der Waals surface area contributed by atoms with Crippen LogP contribution >= 0.6 is 0 Å². The van der Waals surface area contributed by atoms with Crippen LogP contribution in [0.4, 0.5) is 5.69 Å². The van der Waals surface area contributed by atoms with Crippen molar-refractivity contribution >= 4 is 11.6 Å². The lowest BCUT2D eigenvalue weighted by atomic mass is 9.88. The summed E-state index contributed by atoms with van der Waals surface area (Å²) >= 11 is 0.